The summed E-state index contributed by atoms with van der Waals surface area (Å²) < 4.78 is 5.77. The van der Waals surface area contributed by atoms with Crippen LogP contribution < -0.4 is 10.1 Å². The van der Waals surface area contributed by atoms with E-state index in [1.807, 2.05) is 37.3 Å². The van der Waals surface area contributed by atoms with E-state index >= 15 is 0 Å². The highest BCUT2D eigenvalue weighted by Gasteiger charge is 2.05. The Morgan fingerprint density at radius 3 is 2.76 bits per heavy atom. The van der Waals surface area contributed by atoms with E-state index in [1.165, 1.54) is 0 Å². The third-order valence-electron chi connectivity index (χ3n) is 2.86. The number of hydrogen-bond donors (Lipinski definition) is 1. The van der Waals surface area contributed by atoms with Crippen molar-refractivity contribution in [3.8, 4) is 5.88 Å². The van der Waals surface area contributed by atoms with Crippen molar-refractivity contribution in [3.63, 3.8) is 0 Å². The van der Waals surface area contributed by atoms with Gasteiger partial charge in [-0.15, -0.1) is 0 Å². The van der Waals surface area contributed by atoms with Crippen molar-refractivity contribution in [3.05, 3.63) is 46.7 Å². The van der Waals surface area contributed by atoms with Crippen molar-refractivity contribution in [2.75, 3.05) is 11.9 Å². The molecule has 0 bridgehead atoms. The molecule has 2 aromatic rings. The van der Waals surface area contributed by atoms with Crippen LogP contribution in [0.5, 0.6) is 5.88 Å². The third kappa shape index (κ3) is 4.90. The van der Waals surface area contributed by atoms with E-state index in [1.54, 1.807) is 0 Å². The highest BCUT2D eigenvalue weighted by molar-refractivity contribution is 6.30. The number of anilines is 1. The van der Waals surface area contributed by atoms with Crippen molar-refractivity contribution in [2.24, 2.45) is 0 Å². The number of benzene rings is 1. The molecule has 1 N–H and O–H groups in total. The molecule has 0 spiro atoms. The molecule has 5 heteroatoms. The fourth-order valence-electron chi connectivity index (χ4n) is 1.94. The highest BCUT2D eigenvalue weighted by atomic mass is 35.5. The predicted molar refractivity (Wildman–Crippen MR) is 86.0 cm³/mol. The highest BCUT2D eigenvalue weighted by Crippen LogP contribution is 2.17. The van der Waals surface area contributed by atoms with Gasteiger partial charge in [0.2, 0.25) is 5.88 Å². The first kappa shape index (κ1) is 15.6. The van der Waals surface area contributed by atoms with Crippen LogP contribution in [0.25, 0.3) is 0 Å². The smallest absolute Gasteiger partial charge is 0.219 e. The number of hydrogen-bond acceptors (Lipinski definition) is 4. The number of aryl methyl sites for hydroxylation is 1. The Hall–Kier alpha value is -1.81. The monoisotopic (exact) mass is 305 g/mol. The van der Waals surface area contributed by atoms with E-state index in [2.05, 4.69) is 22.2 Å². The second-order valence-corrected chi connectivity index (χ2v) is 5.14. The van der Waals surface area contributed by atoms with Crippen LogP contribution >= 0.6 is 11.6 Å². The van der Waals surface area contributed by atoms with Gasteiger partial charge in [0.05, 0.1) is 0 Å². The molecular weight excluding hydrogens is 286 g/mol. The fourth-order valence-corrected chi connectivity index (χ4v) is 2.15. The standard InChI is InChI=1S/C16H20ClN3O/c1-3-6-14-19-15(18-4-2)10-16(20-14)21-11-12-7-5-8-13(17)9-12/h5,7-10H,3-4,6,11H2,1-2H3,(H,18,19,20). The summed E-state index contributed by atoms with van der Waals surface area (Å²) in [6.45, 7) is 5.40. The Morgan fingerprint density at radius 2 is 2.05 bits per heavy atom. The fraction of sp³-hybridized carbons (Fsp3) is 0.375. The molecule has 0 radical (unpaired) electrons. The van der Waals surface area contributed by atoms with E-state index in [9.17, 15) is 0 Å². The molecule has 1 heterocycles. The van der Waals surface area contributed by atoms with Gasteiger partial charge in [-0.05, 0) is 31.0 Å². The van der Waals surface area contributed by atoms with E-state index in [4.69, 9.17) is 16.3 Å². The zero-order chi connectivity index (χ0) is 15.1. The van der Waals surface area contributed by atoms with Crippen LogP contribution in [0.3, 0.4) is 0 Å². The summed E-state index contributed by atoms with van der Waals surface area (Å²) in [6.07, 6.45) is 1.84. The van der Waals surface area contributed by atoms with E-state index < -0.39 is 0 Å². The Labute approximate surface area is 130 Å². The summed E-state index contributed by atoms with van der Waals surface area (Å²) in [4.78, 5) is 8.90. The summed E-state index contributed by atoms with van der Waals surface area (Å²) in [7, 11) is 0. The maximum atomic E-state index is 5.97. The van der Waals surface area contributed by atoms with Gasteiger partial charge in [-0.3, -0.25) is 0 Å². The van der Waals surface area contributed by atoms with Crippen molar-refractivity contribution in [1.29, 1.82) is 0 Å². The second-order valence-electron chi connectivity index (χ2n) is 4.71. The molecule has 0 saturated heterocycles. The van der Waals surface area contributed by atoms with Gasteiger partial charge in [0.1, 0.15) is 18.2 Å². The normalized spacial score (nSPS) is 10.4. The Bertz CT molecular complexity index is 565. The minimum Gasteiger partial charge on any atom is -0.473 e. The molecule has 0 unspecified atom stereocenters. The maximum absolute atomic E-state index is 5.97. The quantitative estimate of drug-likeness (QED) is 0.837. The summed E-state index contributed by atoms with van der Waals surface area (Å²) in [5.74, 6) is 2.19. The van der Waals surface area contributed by atoms with E-state index in [0.29, 0.717) is 17.5 Å². The molecule has 0 aliphatic heterocycles. The Morgan fingerprint density at radius 1 is 1.19 bits per heavy atom. The molecule has 0 aliphatic rings. The Kier molecular flexibility index (Phi) is 5.81. The number of aromatic nitrogens is 2. The molecular formula is C16H20ClN3O. The van der Waals surface area contributed by atoms with Crippen LogP contribution in [-0.2, 0) is 13.0 Å². The number of ether oxygens (including phenoxy) is 1. The van der Waals surface area contributed by atoms with Gasteiger partial charge in [0.25, 0.3) is 0 Å². The first-order valence-electron chi connectivity index (χ1n) is 7.20. The number of halogens is 1. The zero-order valence-electron chi connectivity index (χ0n) is 12.4. The molecule has 0 amide bonds. The predicted octanol–water partition coefficient (Wildman–Crippen LogP) is 4.09. The van der Waals surface area contributed by atoms with Crippen LogP contribution in [0, 0.1) is 0 Å². The van der Waals surface area contributed by atoms with E-state index in [-0.39, 0.29) is 0 Å². The second kappa shape index (κ2) is 7.84. The van der Waals surface area contributed by atoms with Crippen LogP contribution in [0.4, 0.5) is 5.82 Å². The SMILES string of the molecule is CCCc1nc(NCC)cc(OCc2cccc(Cl)c2)n1. The van der Waals surface area contributed by atoms with Crippen LogP contribution in [0.2, 0.25) is 5.02 Å². The number of nitrogens with one attached hydrogen (secondary N) is 1. The van der Waals surface area contributed by atoms with Gasteiger partial charge in [0, 0.05) is 24.1 Å². The van der Waals surface area contributed by atoms with Crippen LogP contribution in [0.15, 0.2) is 30.3 Å². The van der Waals surface area contributed by atoms with Crippen molar-refractivity contribution < 1.29 is 4.74 Å². The third-order valence-corrected chi connectivity index (χ3v) is 3.09. The van der Waals surface area contributed by atoms with Crippen molar-refractivity contribution in [2.45, 2.75) is 33.3 Å². The van der Waals surface area contributed by atoms with Crippen LogP contribution in [-0.4, -0.2) is 16.5 Å². The lowest BCUT2D eigenvalue weighted by Gasteiger charge is -2.10. The largest absolute Gasteiger partial charge is 0.473 e. The lowest BCUT2D eigenvalue weighted by molar-refractivity contribution is 0.292. The van der Waals surface area contributed by atoms with Crippen molar-refractivity contribution in [1.82, 2.24) is 9.97 Å². The van der Waals surface area contributed by atoms with Gasteiger partial charge in [-0.1, -0.05) is 30.7 Å². The van der Waals surface area contributed by atoms with E-state index in [0.717, 1.165) is 36.6 Å². The summed E-state index contributed by atoms with van der Waals surface area (Å²) in [6, 6.07) is 9.45. The average Bonchev–Trinajstić information content (AvgIpc) is 2.46. The summed E-state index contributed by atoms with van der Waals surface area (Å²) >= 11 is 5.97. The molecule has 21 heavy (non-hydrogen) atoms. The summed E-state index contributed by atoms with van der Waals surface area (Å²) in [5, 5.41) is 3.91. The average molecular weight is 306 g/mol. The van der Waals surface area contributed by atoms with Crippen LogP contribution in [0.1, 0.15) is 31.7 Å². The van der Waals surface area contributed by atoms with Crippen molar-refractivity contribution >= 4 is 17.4 Å². The van der Waals surface area contributed by atoms with Gasteiger partial charge in [0.15, 0.2) is 0 Å². The molecule has 0 saturated carbocycles. The van der Waals surface area contributed by atoms with Gasteiger partial charge in [-0.2, -0.15) is 4.98 Å². The molecule has 0 fully saturated rings. The van der Waals surface area contributed by atoms with Gasteiger partial charge in [-0.25, -0.2) is 4.98 Å². The topological polar surface area (TPSA) is 47.0 Å². The number of rotatable bonds is 7. The maximum Gasteiger partial charge on any atom is 0.219 e. The molecule has 0 atom stereocenters. The minimum absolute atomic E-state index is 0.439. The zero-order valence-corrected chi connectivity index (χ0v) is 13.2. The van der Waals surface area contributed by atoms with Gasteiger partial charge >= 0.3 is 0 Å². The molecule has 2 rings (SSSR count). The lowest BCUT2D eigenvalue weighted by Crippen LogP contribution is -2.06. The minimum atomic E-state index is 0.439. The molecule has 1 aromatic heterocycles. The molecule has 1 aromatic carbocycles. The molecule has 0 aliphatic carbocycles. The first-order chi connectivity index (χ1) is 10.2. The lowest BCUT2D eigenvalue weighted by atomic mass is 10.2. The summed E-state index contributed by atoms with van der Waals surface area (Å²) in [5.41, 5.74) is 1.02. The van der Waals surface area contributed by atoms with Gasteiger partial charge < -0.3 is 10.1 Å². The first-order valence-corrected chi connectivity index (χ1v) is 7.58. The number of nitrogens with zero attached hydrogens (tertiary/aromatic N) is 2. The molecule has 4 nitrogen and oxygen atoms in total. The Balaban J connectivity index is 2.10. The molecule has 112 valence electrons.